The highest BCUT2D eigenvalue weighted by Crippen LogP contribution is 1.95. The number of aliphatic hydroxyl groups is 1. The lowest BCUT2D eigenvalue weighted by Gasteiger charge is -2.02. The second kappa shape index (κ2) is 4.47. The highest BCUT2D eigenvalue weighted by molar-refractivity contribution is 5.79. The molecule has 0 aliphatic heterocycles. The van der Waals surface area contributed by atoms with Crippen LogP contribution in [0.2, 0.25) is 0 Å². The molecule has 0 saturated heterocycles. The van der Waals surface area contributed by atoms with Gasteiger partial charge in [0.1, 0.15) is 6.10 Å². The third-order valence-corrected chi connectivity index (χ3v) is 1.15. The molecule has 9 heavy (non-hydrogen) atoms. The molecule has 0 spiro atoms. The first-order chi connectivity index (χ1) is 4.18. The first-order valence-corrected chi connectivity index (χ1v) is 3.07. The molecule has 3 N–H and O–H groups in total. The average Bonchev–Trinajstić information content (AvgIpc) is 1.82. The monoisotopic (exact) mass is 131 g/mol. The van der Waals surface area contributed by atoms with Crippen LogP contribution in [0, 0.1) is 0 Å². The lowest BCUT2D eigenvalue weighted by atomic mass is 10.1. The van der Waals surface area contributed by atoms with Gasteiger partial charge >= 0.3 is 0 Å². The molecule has 0 aromatic rings. The van der Waals surface area contributed by atoms with E-state index in [-0.39, 0.29) is 5.78 Å². The minimum atomic E-state index is -0.798. The van der Waals surface area contributed by atoms with Gasteiger partial charge in [-0.15, -0.1) is 0 Å². The van der Waals surface area contributed by atoms with Gasteiger partial charge < -0.3 is 10.8 Å². The van der Waals surface area contributed by atoms with Gasteiger partial charge in [-0.1, -0.05) is 0 Å². The Morgan fingerprint density at radius 3 is 2.67 bits per heavy atom. The lowest BCUT2D eigenvalue weighted by molar-refractivity contribution is -0.125. The first-order valence-electron chi connectivity index (χ1n) is 3.07. The van der Waals surface area contributed by atoms with Crippen LogP contribution in [0.1, 0.15) is 19.8 Å². The van der Waals surface area contributed by atoms with Crippen LogP contribution in [0.25, 0.3) is 0 Å². The molecular weight excluding hydrogens is 118 g/mol. The molecule has 1 atom stereocenters. The average molecular weight is 131 g/mol. The van der Waals surface area contributed by atoms with E-state index < -0.39 is 6.10 Å². The minimum Gasteiger partial charge on any atom is -0.385 e. The van der Waals surface area contributed by atoms with E-state index in [2.05, 4.69) is 0 Å². The quantitative estimate of drug-likeness (QED) is 0.549. The number of hydrogen-bond donors (Lipinski definition) is 2. The van der Waals surface area contributed by atoms with Gasteiger partial charge in [-0.05, 0) is 26.3 Å². The predicted molar refractivity (Wildman–Crippen MR) is 35.0 cm³/mol. The van der Waals surface area contributed by atoms with Gasteiger partial charge in [-0.2, -0.15) is 0 Å². The van der Waals surface area contributed by atoms with E-state index in [1.54, 1.807) is 0 Å². The zero-order valence-electron chi connectivity index (χ0n) is 5.63. The van der Waals surface area contributed by atoms with Crippen molar-refractivity contribution < 1.29 is 9.90 Å². The third-order valence-electron chi connectivity index (χ3n) is 1.15. The molecule has 0 fully saturated rings. The standard InChI is InChI=1S/C6H13NO2/c1-5(8)6(9)3-2-4-7/h6,9H,2-4,7H2,1H3. The van der Waals surface area contributed by atoms with Crippen molar-refractivity contribution in [2.75, 3.05) is 6.54 Å². The van der Waals surface area contributed by atoms with Gasteiger partial charge in [-0.25, -0.2) is 0 Å². The molecule has 3 heteroatoms. The summed E-state index contributed by atoms with van der Waals surface area (Å²) in [6.45, 7) is 1.91. The van der Waals surface area contributed by atoms with Crippen molar-refractivity contribution in [3.05, 3.63) is 0 Å². The maximum absolute atomic E-state index is 10.4. The van der Waals surface area contributed by atoms with Crippen LogP contribution < -0.4 is 5.73 Å². The fraction of sp³-hybridized carbons (Fsp3) is 0.833. The maximum atomic E-state index is 10.4. The van der Waals surface area contributed by atoms with Crippen molar-refractivity contribution in [1.82, 2.24) is 0 Å². The summed E-state index contributed by atoms with van der Waals surface area (Å²) in [5.41, 5.74) is 5.15. The van der Waals surface area contributed by atoms with Gasteiger partial charge in [0.25, 0.3) is 0 Å². The Bertz CT molecular complexity index is 93.1. The summed E-state index contributed by atoms with van der Waals surface area (Å²) >= 11 is 0. The van der Waals surface area contributed by atoms with E-state index >= 15 is 0 Å². The summed E-state index contributed by atoms with van der Waals surface area (Å²) in [6.07, 6.45) is 0.403. The molecule has 0 aliphatic rings. The van der Waals surface area contributed by atoms with Crippen molar-refractivity contribution in [2.24, 2.45) is 5.73 Å². The van der Waals surface area contributed by atoms with E-state index in [1.807, 2.05) is 0 Å². The number of aliphatic hydroxyl groups excluding tert-OH is 1. The molecule has 0 amide bonds. The zero-order chi connectivity index (χ0) is 7.28. The molecule has 0 bridgehead atoms. The van der Waals surface area contributed by atoms with Crippen LogP contribution in [0.3, 0.4) is 0 Å². The van der Waals surface area contributed by atoms with Crippen molar-refractivity contribution in [3.8, 4) is 0 Å². The summed E-state index contributed by atoms with van der Waals surface area (Å²) in [4.78, 5) is 10.4. The van der Waals surface area contributed by atoms with Gasteiger partial charge in [0.2, 0.25) is 0 Å². The van der Waals surface area contributed by atoms with E-state index in [9.17, 15) is 4.79 Å². The minimum absolute atomic E-state index is 0.177. The summed E-state index contributed by atoms with van der Waals surface area (Å²) in [5.74, 6) is -0.177. The highest BCUT2D eigenvalue weighted by Gasteiger charge is 2.06. The van der Waals surface area contributed by atoms with Crippen LogP contribution in [-0.2, 0) is 4.79 Å². The third kappa shape index (κ3) is 4.12. The van der Waals surface area contributed by atoms with E-state index in [1.165, 1.54) is 6.92 Å². The van der Waals surface area contributed by atoms with Gasteiger partial charge in [0.05, 0.1) is 0 Å². The Hall–Kier alpha value is -0.410. The normalized spacial score (nSPS) is 13.2. The Morgan fingerprint density at radius 2 is 2.33 bits per heavy atom. The fourth-order valence-corrected chi connectivity index (χ4v) is 0.514. The highest BCUT2D eigenvalue weighted by atomic mass is 16.3. The molecule has 0 aromatic heterocycles. The number of hydrogen-bond acceptors (Lipinski definition) is 3. The summed E-state index contributed by atoms with van der Waals surface area (Å²) in [7, 11) is 0. The van der Waals surface area contributed by atoms with Crippen LogP contribution >= 0.6 is 0 Å². The molecule has 0 aliphatic carbocycles. The summed E-state index contributed by atoms with van der Waals surface area (Å²) in [6, 6.07) is 0. The molecule has 0 aromatic carbocycles. The SMILES string of the molecule is CC(=O)C(O)CCCN. The van der Waals surface area contributed by atoms with Crippen molar-refractivity contribution in [3.63, 3.8) is 0 Å². The first kappa shape index (κ1) is 8.59. The van der Waals surface area contributed by atoms with Crippen LogP contribution in [0.15, 0.2) is 0 Å². The number of ketones is 1. The van der Waals surface area contributed by atoms with Gasteiger partial charge in [0.15, 0.2) is 5.78 Å². The molecular formula is C6H13NO2. The van der Waals surface area contributed by atoms with Gasteiger partial charge in [-0.3, -0.25) is 4.79 Å². The number of nitrogens with two attached hydrogens (primary N) is 1. The van der Waals surface area contributed by atoms with Crippen LogP contribution in [-0.4, -0.2) is 23.5 Å². The maximum Gasteiger partial charge on any atom is 0.158 e. The largest absolute Gasteiger partial charge is 0.385 e. The lowest BCUT2D eigenvalue weighted by Crippen LogP contribution is -2.17. The van der Waals surface area contributed by atoms with Crippen molar-refractivity contribution in [2.45, 2.75) is 25.9 Å². The Kier molecular flexibility index (Phi) is 4.26. The molecule has 0 radical (unpaired) electrons. The Balaban J connectivity index is 3.27. The second-order valence-corrected chi connectivity index (χ2v) is 2.06. The summed E-state index contributed by atoms with van der Waals surface area (Å²) in [5, 5.41) is 8.85. The number of carbonyl (C=O) groups excluding carboxylic acids is 1. The number of carbonyl (C=O) groups is 1. The molecule has 0 saturated carbocycles. The topological polar surface area (TPSA) is 63.3 Å². The molecule has 0 rings (SSSR count). The predicted octanol–water partition coefficient (Wildman–Crippen LogP) is -0.325. The van der Waals surface area contributed by atoms with E-state index in [4.69, 9.17) is 10.8 Å². The van der Waals surface area contributed by atoms with E-state index in [0.29, 0.717) is 19.4 Å². The smallest absolute Gasteiger partial charge is 0.158 e. The second-order valence-electron chi connectivity index (χ2n) is 2.06. The molecule has 3 nitrogen and oxygen atoms in total. The van der Waals surface area contributed by atoms with Crippen LogP contribution in [0.5, 0.6) is 0 Å². The van der Waals surface area contributed by atoms with E-state index in [0.717, 1.165) is 0 Å². The number of rotatable bonds is 4. The fourth-order valence-electron chi connectivity index (χ4n) is 0.514. The molecule has 0 heterocycles. The molecule has 1 unspecified atom stereocenters. The van der Waals surface area contributed by atoms with Crippen molar-refractivity contribution >= 4 is 5.78 Å². The van der Waals surface area contributed by atoms with Gasteiger partial charge in [0, 0.05) is 0 Å². The Morgan fingerprint density at radius 1 is 1.78 bits per heavy atom. The van der Waals surface area contributed by atoms with Crippen molar-refractivity contribution in [1.29, 1.82) is 0 Å². The molecule has 54 valence electrons. The number of Topliss-reactive ketones (excluding diaryl/α,β-unsaturated/α-hetero) is 1. The zero-order valence-corrected chi connectivity index (χ0v) is 5.63. The van der Waals surface area contributed by atoms with Crippen LogP contribution in [0.4, 0.5) is 0 Å². The Labute approximate surface area is 54.9 Å². The summed E-state index contributed by atoms with van der Waals surface area (Å²) < 4.78 is 0.